The standard InChI is InChI=1S/C31H39N3/c1-19(2)25-14-10-15-26(20(3)4)31(25)32-23(7)27-18-17-24-13-9-16-28(30(24)33-27)34-29-21(5)11-8-12-22(29)6/h8-16,19-20,27,33-34H,17-18H2,1-7H3/b32-23+. The fourth-order valence-electron chi connectivity index (χ4n) is 4.98. The van der Waals surface area contributed by atoms with Crippen LogP contribution in [0.25, 0.3) is 0 Å². The predicted octanol–water partition coefficient (Wildman–Crippen LogP) is 8.81. The van der Waals surface area contributed by atoms with Gasteiger partial charge in [0.1, 0.15) is 0 Å². The van der Waals surface area contributed by atoms with Gasteiger partial charge in [0.15, 0.2) is 0 Å². The largest absolute Gasteiger partial charge is 0.375 e. The Morgan fingerprint density at radius 2 is 1.47 bits per heavy atom. The summed E-state index contributed by atoms with van der Waals surface area (Å²) < 4.78 is 0. The van der Waals surface area contributed by atoms with Crippen molar-refractivity contribution >= 4 is 28.5 Å². The average Bonchev–Trinajstić information content (AvgIpc) is 2.81. The summed E-state index contributed by atoms with van der Waals surface area (Å²) in [5.41, 5.74) is 12.4. The monoisotopic (exact) mass is 453 g/mol. The molecule has 0 aliphatic carbocycles. The van der Waals surface area contributed by atoms with Gasteiger partial charge < -0.3 is 10.6 Å². The Morgan fingerprint density at radius 1 is 0.882 bits per heavy atom. The Kier molecular flexibility index (Phi) is 7.11. The summed E-state index contributed by atoms with van der Waals surface area (Å²) in [6, 6.07) is 19.9. The highest BCUT2D eigenvalue weighted by atomic mass is 15.0. The molecule has 1 atom stereocenters. The maximum atomic E-state index is 5.27. The Hall–Kier alpha value is -3.07. The molecule has 3 nitrogen and oxygen atoms in total. The van der Waals surface area contributed by atoms with Gasteiger partial charge in [0.25, 0.3) is 0 Å². The predicted molar refractivity (Wildman–Crippen MR) is 149 cm³/mol. The highest BCUT2D eigenvalue weighted by molar-refractivity contribution is 5.94. The molecule has 34 heavy (non-hydrogen) atoms. The van der Waals surface area contributed by atoms with E-state index >= 15 is 0 Å². The number of aryl methyl sites for hydroxylation is 3. The van der Waals surface area contributed by atoms with Crippen LogP contribution in [0.1, 0.15) is 80.7 Å². The summed E-state index contributed by atoms with van der Waals surface area (Å²) in [6.45, 7) is 15.5. The Balaban J connectivity index is 1.68. The molecule has 0 spiro atoms. The van der Waals surface area contributed by atoms with E-state index in [9.17, 15) is 0 Å². The van der Waals surface area contributed by atoms with Gasteiger partial charge in [-0.05, 0) is 79.3 Å². The lowest BCUT2D eigenvalue weighted by atomic mass is 9.92. The van der Waals surface area contributed by atoms with E-state index in [1.807, 2.05) is 0 Å². The highest BCUT2D eigenvalue weighted by Crippen LogP contribution is 2.38. The van der Waals surface area contributed by atoms with Gasteiger partial charge in [-0.25, -0.2) is 0 Å². The van der Waals surface area contributed by atoms with E-state index in [2.05, 4.69) is 114 Å². The van der Waals surface area contributed by atoms with Crippen LogP contribution in [0.2, 0.25) is 0 Å². The molecule has 1 aliphatic heterocycles. The number of hydrogen-bond donors (Lipinski definition) is 2. The van der Waals surface area contributed by atoms with Crippen LogP contribution < -0.4 is 10.6 Å². The molecule has 4 rings (SSSR count). The fraction of sp³-hybridized carbons (Fsp3) is 0.387. The van der Waals surface area contributed by atoms with Crippen molar-refractivity contribution in [3.63, 3.8) is 0 Å². The van der Waals surface area contributed by atoms with E-state index in [1.54, 1.807) is 0 Å². The zero-order valence-electron chi connectivity index (χ0n) is 21.8. The fourth-order valence-corrected chi connectivity index (χ4v) is 4.98. The van der Waals surface area contributed by atoms with Crippen LogP contribution >= 0.6 is 0 Å². The molecule has 2 N–H and O–H groups in total. The van der Waals surface area contributed by atoms with Gasteiger partial charge in [-0.15, -0.1) is 0 Å². The summed E-state index contributed by atoms with van der Waals surface area (Å²) in [6.07, 6.45) is 2.10. The summed E-state index contributed by atoms with van der Waals surface area (Å²) in [5, 5.41) is 7.57. The molecule has 0 aromatic heterocycles. The molecule has 0 amide bonds. The number of hydrogen-bond acceptors (Lipinski definition) is 3. The Bertz CT molecular complexity index is 1160. The van der Waals surface area contributed by atoms with Crippen molar-refractivity contribution < 1.29 is 0 Å². The third-order valence-electron chi connectivity index (χ3n) is 7.05. The number of anilines is 3. The third kappa shape index (κ3) is 4.89. The van der Waals surface area contributed by atoms with Crippen molar-refractivity contribution in [2.75, 3.05) is 10.6 Å². The normalized spacial score (nSPS) is 15.9. The minimum absolute atomic E-state index is 0.216. The van der Waals surface area contributed by atoms with Crippen molar-refractivity contribution in [2.24, 2.45) is 4.99 Å². The molecule has 0 saturated carbocycles. The molecule has 3 aromatic carbocycles. The van der Waals surface area contributed by atoms with E-state index < -0.39 is 0 Å². The topological polar surface area (TPSA) is 36.4 Å². The van der Waals surface area contributed by atoms with Gasteiger partial charge in [-0.1, -0.05) is 76.2 Å². The van der Waals surface area contributed by atoms with Crippen LogP contribution in [0.4, 0.5) is 22.7 Å². The molecule has 3 heteroatoms. The molecule has 1 aliphatic rings. The van der Waals surface area contributed by atoms with E-state index in [1.165, 1.54) is 44.9 Å². The Labute approximate surface area is 205 Å². The number of benzene rings is 3. The van der Waals surface area contributed by atoms with Crippen LogP contribution in [-0.4, -0.2) is 11.8 Å². The zero-order valence-corrected chi connectivity index (χ0v) is 21.8. The number of fused-ring (bicyclic) bond motifs is 1. The molecule has 1 heterocycles. The second-order valence-electron chi connectivity index (χ2n) is 10.3. The SMILES string of the molecule is C/C(=N\c1c(C(C)C)cccc1C(C)C)C1CCc2cccc(Nc3c(C)cccc3C)c2N1. The number of para-hydroxylation sites is 3. The third-order valence-corrected chi connectivity index (χ3v) is 7.05. The van der Waals surface area contributed by atoms with Gasteiger partial charge in [-0.2, -0.15) is 0 Å². The molecule has 0 bridgehead atoms. The van der Waals surface area contributed by atoms with E-state index in [4.69, 9.17) is 4.99 Å². The van der Waals surface area contributed by atoms with Crippen molar-refractivity contribution in [3.8, 4) is 0 Å². The summed E-state index contributed by atoms with van der Waals surface area (Å²) in [4.78, 5) is 5.27. The van der Waals surface area contributed by atoms with Gasteiger partial charge >= 0.3 is 0 Å². The van der Waals surface area contributed by atoms with Gasteiger partial charge in [0.05, 0.1) is 23.1 Å². The summed E-state index contributed by atoms with van der Waals surface area (Å²) in [7, 11) is 0. The smallest absolute Gasteiger partial charge is 0.0698 e. The molecule has 3 aromatic rings. The lowest BCUT2D eigenvalue weighted by Gasteiger charge is -2.30. The van der Waals surface area contributed by atoms with Crippen LogP contribution in [0, 0.1) is 13.8 Å². The number of nitrogens with zero attached hydrogens (tertiary/aromatic N) is 1. The molecular weight excluding hydrogens is 414 g/mol. The van der Waals surface area contributed by atoms with E-state index in [0.29, 0.717) is 11.8 Å². The number of rotatable bonds is 6. The second kappa shape index (κ2) is 10.0. The van der Waals surface area contributed by atoms with Crippen LogP contribution in [0.15, 0.2) is 59.6 Å². The first-order chi connectivity index (χ1) is 16.3. The first kappa shape index (κ1) is 24.1. The van der Waals surface area contributed by atoms with Crippen molar-refractivity contribution in [1.82, 2.24) is 0 Å². The minimum atomic E-state index is 0.216. The zero-order chi connectivity index (χ0) is 24.4. The lowest BCUT2D eigenvalue weighted by molar-refractivity contribution is 0.754. The minimum Gasteiger partial charge on any atom is -0.375 e. The van der Waals surface area contributed by atoms with Crippen molar-refractivity contribution in [3.05, 3.63) is 82.4 Å². The highest BCUT2D eigenvalue weighted by Gasteiger charge is 2.23. The van der Waals surface area contributed by atoms with Crippen LogP contribution in [-0.2, 0) is 6.42 Å². The molecule has 0 radical (unpaired) electrons. The molecular formula is C31H39N3. The summed E-state index contributed by atoms with van der Waals surface area (Å²) in [5.74, 6) is 0.886. The second-order valence-corrected chi connectivity index (χ2v) is 10.3. The lowest BCUT2D eigenvalue weighted by Crippen LogP contribution is -2.32. The van der Waals surface area contributed by atoms with E-state index in [-0.39, 0.29) is 6.04 Å². The maximum Gasteiger partial charge on any atom is 0.0698 e. The number of nitrogens with one attached hydrogen (secondary N) is 2. The molecule has 0 saturated heterocycles. The van der Waals surface area contributed by atoms with Gasteiger partial charge in [0, 0.05) is 11.4 Å². The van der Waals surface area contributed by atoms with Gasteiger partial charge in [-0.3, -0.25) is 4.99 Å². The molecule has 1 unspecified atom stereocenters. The maximum absolute atomic E-state index is 5.27. The summed E-state index contributed by atoms with van der Waals surface area (Å²) >= 11 is 0. The Morgan fingerprint density at radius 3 is 2.09 bits per heavy atom. The first-order valence-electron chi connectivity index (χ1n) is 12.7. The van der Waals surface area contributed by atoms with Crippen LogP contribution in [0.5, 0.6) is 0 Å². The average molecular weight is 454 g/mol. The first-order valence-corrected chi connectivity index (χ1v) is 12.7. The molecule has 0 fully saturated rings. The quantitative estimate of drug-likeness (QED) is 0.366. The van der Waals surface area contributed by atoms with E-state index in [0.717, 1.165) is 24.2 Å². The van der Waals surface area contributed by atoms with Gasteiger partial charge in [0.2, 0.25) is 0 Å². The van der Waals surface area contributed by atoms with Crippen molar-refractivity contribution in [1.29, 1.82) is 0 Å². The van der Waals surface area contributed by atoms with Crippen LogP contribution in [0.3, 0.4) is 0 Å². The van der Waals surface area contributed by atoms with Crippen molar-refractivity contribution in [2.45, 2.75) is 79.2 Å². The number of aliphatic imine (C=N–C) groups is 1. The molecule has 178 valence electrons.